The Hall–Kier alpha value is -2.95. The molecule has 0 amide bonds. The molecular weight excluding hydrogens is 391 g/mol. The third kappa shape index (κ3) is 3.84. The molecular formula is C22H16Cl2N4. The molecule has 28 heavy (non-hydrogen) atoms. The number of hydrogen-bond donors (Lipinski definition) is 1. The number of rotatable bonds is 4. The molecule has 0 aliphatic carbocycles. The minimum atomic E-state index is 0.547. The normalized spacial score (nSPS) is 11.6. The summed E-state index contributed by atoms with van der Waals surface area (Å²) in [5.41, 5.74) is 6.47. The van der Waals surface area contributed by atoms with E-state index in [1.807, 2.05) is 79.7 Å². The zero-order chi connectivity index (χ0) is 19.5. The average Bonchev–Trinajstić information content (AvgIpc) is 2.72. The van der Waals surface area contributed by atoms with E-state index in [9.17, 15) is 0 Å². The molecule has 1 heterocycles. The molecule has 4 aromatic rings. The lowest BCUT2D eigenvalue weighted by molar-refractivity contribution is 1.18. The lowest BCUT2D eigenvalue weighted by Gasteiger charge is -2.10. The highest BCUT2D eigenvalue weighted by atomic mass is 35.5. The quantitative estimate of drug-likeness (QED) is 0.313. The summed E-state index contributed by atoms with van der Waals surface area (Å²) in [6.07, 6.45) is 0. The maximum Gasteiger partial charge on any atom is 0.163 e. The first-order valence-electron chi connectivity index (χ1n) is 8.70. The van der Waals surface area contributed by atoms with E-state index in [2.05, 4.69) is 20.5 Å². The van der Waals surface area contributed by atoms with Crippen LogP contribution in [0.5, 0.6) is 0 Å². The highest BCUT2D eigenvalue weighted by Gasteiger charge is 2.11. The van der Waals surface area contributed by atoms with Crippen molar-refractivity contribution in [1.29, 1.82) is 0 Å². The van der Waals surface area contributed by atoms with Crippen molar-refractivity contribution >= 4 is 45.6 Å². The van der Waals surface area contributed by atoms with E-state index in [0.717, 1.165) is 27.7 Å². The van der Waals surface area contributed by atoms with Crippen molar-refractivity contribution in [3.63, 3.8) is 0 Å². The van der Waals surface area contributed by atoms with E-state index in [1.165, 1.54) is 0 Å². The van der Waals surface area contributed by atoms with Crippen LogP contribution < -0.4 is 5.43 Å². The number of aromatic nitrogens is 2. The van der Waals surface area contributed by atoms with Gasteiger partial charge in [0.2, 0.25) is 0 Å². The molecule has 0 aliphatic heterocycles. The lowest BCUT2D eigenvalue weighted by atomic mass is 10.1. The largest absolute Gasteiger partial charge is 0.260 e. The molecule has 0 fully saturated rings. The van der Waals surface area contributed by atoms with E-state index >= 15 is 0 Å². The van der Waals surface area contributed by atoms with E-state index in [0.29, 0.717) is 21.7 Å². The lowest BCUT2D eigenvalue weighted by Crippen LogP contribution is -2.03. The van der Waals surface area contributed by atoms with Crippen LogP contribution in [0.3, 0.4) is 0 Å². The number of nitrogens with one attached hydrogen (secondary N) is 1. The second-order valence-electron chi connectivity index (χ2n) is 6.21. The molecule has 0 spiro atoms. The van der Waals surface area contributed by atoms with Crippen LogP contribution in [0.15, 0.2) is 77.9 Å². The van der Waals surface area contributed by atoms with E-state index in [1.54, 1.807) is 0 Å². The van der Waals surface area contributed by atoms with Crippen LogP contribution in [0.1, 0.15) is 12.5 Å². The molecule has 0 radical (unpaired) electrons. The minimum absolute atomic E-state index is 0.547. The smallest absolute Gasteiger partial charge is 0.163 e. The molecule has 1 aromatic heterocycles. The Morgan fingerprint density at radius 1 is 0.857 bits per heavy atom. The van der Waals surface area contributed by atoms with Gasteiger partial charge in [-0.15, -0.1) is 0 Å². The van der Waals surface area contributed by atoms with Gasteiger partial charge in [0, 0.05) is 16.0 Å². The second-order valence-corrected chi connectivity index (χ2v) is 7.05. The molecule has 0 atom stereocenters. The summed E-state index contributed by atoms with van der Waals surface area (Å²) in [4.78, 5) is 9.34. The van der Waals surface area contributed by atoms with Crippen molar-refractivity contribution in [2.75, 3.05) is 5.43 Å². The topological polar surface area (TPSA) is 50.2 Å². The van der Waals surface area contributed by atoms with Crippen molar-refractivity contribution in [2.24, 2.45) is 5.10 Å². The van der Waals surface area contributed by atoms with Crippen LogP contribution >= 0.6 is 23.2 Å². The van der Waals surface area contributed by atoms with E-state index in [4.69, 9.17) is 23.2 Å². The summed E-state index contributed by atoms with van der Waals surface area (Å²) in [7, 11) is 0. The Kier molecular flexibility index (Phi) is 5.24. The second kappa shape index (κ2) is 7.97. The minimum Gasteiger partial charge on any atom is -0.260 e. The summed E-state index contributed by atoms with van der Waals surface area (Å²) >= 11 is 12.3. The first-order chi connectivity index (χ1) is 13.6. The molecule has 1 N–H and O–H groups in total. The highest BCUT2D eigenvalue weighted by molar-refractivity contribution is 6.33. The summed E-state index contributed by atoms with van der Waals surface area (Å²) in [5, 5.41) is 6.67. The molecule has 4 nitrogen and oxygen atoms in total. The van der Waals surface area contributed by atoms with Gasteiger partial charge in [0.25, 0.3) is 0 Å². The Morgan fingerprint density at radius 2 is 1.57 bits per heavy atom. The predicted octanol–water partition coefficient (Wildman–Crippen LogP) is 6.44. The van der Waals surface area contributed by atoms with Crippen LogP contribution in [0.2, 0.25) is 10.0 Å². The van der Waals surface area contributed by atoms with E-state index < -0.39 is 0 Å². The van der Waals surface area contributed by atoms with Crippen LogP contribution in [-0.2, 0) is 0 Å². The van der Waals surface area contributed by atoms with Crippen molar-refractivity contribution in [3.8, 4) is 11.4 Å². The van der Waals surface area contributed by atoms with Gasteiger partial charge in [-0.2, -0.15) is 5.10 Å². The Balaban J connectivity index is 1.76. The number of hydrogen-bond acceptors (Lipinski definition) is 4. The zero-order valence-electron chi connectivity index (χ0n) is 15.0. The van der Waals surface area contributed by atoms with Gasteiger partial charge in [-0.3, -0.25) is 5.43 Å². The van der Waals surface area contributed by atoms with Gasteiger partial charge in [0.1, 0.15) is 0 Å². The van der Waals surface area contributed by atoms with E-state index in [-0.39, 0.29) is 0 Å². The van der Waals surface area contributed by atoms with Gasteiger partial charge in [0.05, 0.1) is 16.3 Å². The fourth-order valence-electron chi connectivity index (χ4n) is 2.82. The van der Waals surface area contributed by atoms with Gasteiger partial charge in [-0.1, -0.05) is 59.6 Å². The predicted molar refractivity (Wildman–Crippen MR) is 117 cm³/mol. The summed E-state index contributed by atoms with van der Waals surface area (Å²) in [5.74, 6) is 1.17. The number of halogens is 2. The summed E-state index contributed by atoms with van der Waals surface area (Å²) in [6, 6.07) is 22.8. The Bertz CT molecular complexity index is 1170. The number of anilines is 1. The van der Waals surface area contributed by atoms with Gasteiger partial charge in [-0.05, 0) is 48.9 Å². The fraction of sp³-hybridized carbons (Fsp3) is 0.0455. The number of fused-ring (bicyclic) bond motifs is 1. The Labute approximate surface area is 172 Å². The van der Waals surface area contributed by atoms with Gasteiger partial charge < -0.3 is 0 Å². The maximum absolute atomic E-state index is 6.34. The Morgan fingerprint density at radius 3 is 2.36 bits per heavy atom. The maximum atomic E-state index is 6.34. The van der Waals surface area contributed by atoms with Crippen LogP contribution in [-0.4, -0.2) is 15.7 Å². The number of hydrazone groups is 1. The SMILES string of the molecule is C/C(=N/Nc1nc(-c2ccccc2Cl)nc2ccccc12)c1ccc(Cl)cc1. The van der Waals surface area contributed by atoms with Crippen LogP contribution in [0.25, 0.3) is 22.3 Å². The van der Waals surface area contributed by atoms with Gasteiger partial charge in [0.15, 0.2) is 11.6 Å². The molecule has 0 unspecified atom stereocenters. The van der Waals surface area contributed by atoms with Crippen molar-refractivity contribution in [2.45, 2.75) is 6.92 Å². The number of benzene rings is 3. The van der Waals surface area contributed by atoms with Crippen LogP contribution in [0, 0.1) is 0 Å². The number of para-hydroxylation sites is 1. The summed E-state index contributed by atoms with van der Waals surface area (Å²) in [6.45, 7) is 1.93. The molecule has 4 rings (SSSR count). The molecule has 3 aromatic carbocycles. The first kappa shape index (κ1) is 18.4. The molecule has 0 saturated carbocycles. The molecule has 0 aliphatic rings. The average molecular weight is 407 g/mol. The van der Waals surface area contributed by atoms with Crippen molar-refractivity contribution < 1.29 is 0 Å². The molecule has 6 heteroatoms. The fourth-order valence-corrected chi connectivity index (χ4v) is 3.16. The monoisotopic (exact) mass is 406 g/mol. The summed E-state index contributed by atoms with van der Waals surface area (Å²) < 4.78 is 0. The van der Waals surface area contributed by atoms with Crippen molar-refractivity contribution in [1.82, 2.24) is 9.97 Å². The molecule has 138 valence electrons. The van der Waals surface area contributed by atoms with Gasteiger partial charge >= 0.3 is 0 Å². The standard InChI is InChI=1S/C22H16Cl2N4/c1-14(15-10-12-16(23)13-11-15)27-28-22-18-7-3-5-9-20(18)25-21(26-22)17-6-2-4-8-19(17)24/h2-13H,1H3,(H,25,26,28)/b27-14-. The first-order valence-corrected chi connectivity index (χ1v) is 9.45. The highest BCUT2D eigenvalue weighted by Crippen LogP contribution is 2.29. The third-order valence-corrected chi connectivity index (χ3v) is 4.89. The third-order valence-electron chi connectivity index (χ3n) is 4.31. The van der Waals surface area contributed by atoms with Crippen molar-refractivity contribution in [3.05, 3.63) is 88.4 Å². The zero-order valence-corrected chi connectivity index (χ0v) is 16.5. The molecule has 0 bridgehead atoms. The molecule has 0 saturated heterocycles. The van der Waals surface area contributed by atoms with Gasteiger partial charge in [-0.25, -0.2) is 9.97 Å². The van der Waals surface area contributed by atoms with Crippen LogP contribution in [0.4, 0.5) is 5.82 Å². The number of nitrogens with zero attached hydrogens (tertiary/aromatic N) is 3.